The number of aryl methyl sites for hydroxylation is 1. The number of esters is 1. The highest BCUT2D eigenvalue weighted by molar-refractivity contribution is 5.91. The van der Waals surface area contributed by atoms with Crippen LogP contribution in [-0.2, 0) is 11.3 Å². The molecule has 0 radical (unpaired) electrons. The quantitative estimate of drug-likeness (QED) is 0.403. The molecule has 1 aromatic heterocycles. The fraction of sp³-hybridized carbons (Fsp3) is 0.333. The number of hydrogen-bond acceptors (Lipinski definition) is 7. The van der Waals surface area contributed by atoms with Gasteiger partial charge in [-0.25, -0.2) is 9.59 Å². The van der Waals surface area contributed by atoms with E-state index in [2.05, 4.69) is 13.8 Å². The predicted octanol–water partition coefficient (Wildman–Crippen LogP) is 4.61. The molecule has 31 heavy (non-hydrogen) atoms. The second-order valence-corrected chi connectivity index (χ2v) is 7.44. The van der Waals surface area contributed by atoms with Crippen molar-refractivity contribution in [2.75, 3.05) is 21.3 Å². The Morgan fingerprint density at radius 1 is 0.968 bits per heavy atom. The summed E-state index contributed by atoms with van der Waals surface area (Å²) in [5.74, 6) is 0.779. The Labute approximate surface area is 180 Å². The van der Waals surface area contributed by atoms with Crippen LogP contribution in [0.1, 0.15) is 46.8 Å². The molecule has 0 aliphatic rings. The number of carbonyl (C=O) groups is 1. The van der Waals surface area contributed by atoms with Gasteiger partial charge in [0, 0.05) is 17.0 Å². The summed E-state index contributed by atoms with van der Waals surface area (Å²) < 4.78 is 26.7. The third kappa shape index (κ3) is 4.50. The molecule has 0 fully saturated rings. The van der Waals surface area contributed by atoms with Gasteiger partial charge in [0.15, 0.2) is 11.5 Å². The highest BCUT2D eigenvalue weighted by atomic mass is 16.5. The molecule has 3 aromatic rings. The molecule has 2 aromatic carbocycles. The highest BCUT2D eigenvalue weighted by Gasteiger charge is 2.19. The summed E-state index contributed by atoms with van der Waals surface area (Å²) in [7, 11) is 4.42. The Hall–Kier alpha value is -3.48. The van der Waals surface area contributed by atoms with Gasteiger partial charge >= 0.3 is 11.6 Å². The van der Waals surface area contributed by atoms with Crippen LogP contribution in [0.4, 0.5) is 0 Å². The van der Waals surface area contributed by atoms with E-state index in [-0.39, 0.29) is 12.2 Å². The van der Waals surface area contributed by atoms with Gasteiger partial charge in [-0.3, -0.25) is 0 Å². The molecule has 0 saturated heterocycles. The zero-order valence-electron chi connectivity index (χ0n) is 18.5. The number of carbonyl (C=O) groups excluding carboxylic acids is 1. The molecule has 0 saturated carbocycles. The number of methoxy groups -OCH3 is 3. The molecule has 0 aliphatic heterocycles. The normalized spacial score (nSPS) is 10.9. The van der Waals surface area contributed by atoms with E-state index in [1.807, 2.05) is 19.1 Å². The first-order valence-electron chi connectivity index (χ1n) is 9.83. The average molecular weight is 426 g/mol. The molecule has 7 heteroatoms. The highest BCUT2D eigenvalue weighted by Crippen LogP contribution is 2.38. The second kappa shape index (κ2) is 9.12. The van der Waals surface area contributed by atoms with Crippen molar-refractivity contribution >= 4 is 16.9 Å². The number of benzene rings is 2. The molecule has 0 atom stereocenters. The van der Waals surface area contributed by atoms with Crippen LogP contribution in [0.25, 0.3) is 11.0 Å². The first-order chi connectivity index (χ1) is 14.8. The molecule has 3 rings (SSSR count). The maximum absolute atomic E-state index is 12.7. The standard InChI is InChI=1S/C24H26O7/c1-13(2)17-11-18-16(10-22(25)31-19(18)7-14(17)3)12-30-24(26)15-8-20(27-4)23(29-6)21(9-15)28-5/h7-11,13H,12H2,1-6H3. The predicted molar refractivity (Wildman–Crippen MR) is 117 cm³/mol. The van der Waals surface area contributed by atoms with E-state index in [4.69, 9.17) is 23.4 Å². The number of hydrogen-bond donors (Lipinski definition) is 0. The van der Waals surface area contributed by atoms with Crippen LogP contribution in [0.3, 0.4) is 0 Å². The van der Waals surface area contributed by atoms with Gasteiger partial charge in [0.25, 0.3) is 0 Å². The Balaban J connectivity index is 1.95. The van der Waals surface area contributed by atoms with Gasteiger partial charge in [-0.05, 0) is 48.2 Å². The zero-order valence-corrected chi connectivity index (χ0v) is 18.5. The van der Waals surface area contributed by atoms with Crippen molar-refractivity contribution in [2.45, 2.75) is 33.3 Å². The van der Waals surface area contributed by atoms with Crippen LogP contribution in [0, 0.1) is 6.92 Å². The molecule has 1 heterocycles. The van der Waals surface area contributed by atoms with Crippen LogP contribution in [0.15, 0.2) is 39.5 Å². The number of rotatable bonds is 7. The van der Waals surface area contributed by atoms with Gasteiger partial charge in [0.1, 0.15) is 12.2 Å². The SMILES string of the molecule is COc1cc(C(=O)OCc2cc(=O)oc3cc(C)c(C(C)C)cc23)cc(OC)c1OC. The van der Waals surface area contributed by atoms with Gasteiger partial charge in [0.2, 0.25) is 5.75 Å². The van der Waals surface area contributed by atoms with Gasteiger partial charge in [-0.15, -0.1) is 0 Å². The van der Waals surface area contributed by atoms with Crippen LogP contribution in [-0.4, -0.2) is 27.3 Å². The minimum absolute atomic E-state index is 0.0851. The van der Waals surface area contributed by atoms with E-state index < -0.39 is 11.6 Å². The van der Waals surface area contributed by atoms with E-state index >= 15 is 0 Å². The monoisotopic (exact) mass is 426 g/mol. The van der Waals surface area contributed by atoms with Crippen molar-refractivity contribution in [3.8, 4) is 17.2 Å². The lowest BCUT2D eigenvalue weighted by atomic mass is 9.95. The van der Waals surface area contributed by atoms with Gasteiger partial charge in [-0.1, -0.05) is 13.8 Å². The van der Waals surface area contributed by atoms with Crippen molar-refractivity contribution in [2.24, 2.45) is 0 Å². The average Bonchev–Trinajstić information content (AvgIpc) is 2.75. The van der Waals surface area contributed by atoms with Crippen molar-refractivity contribution in [3.05, 3.63) is 63.0 Å². The summed E-state index contributed by atoms with van der Waals surface area (Å²) in [6.45, 7) is 6.08. The molecule has 0 amide bonds. The summed E-state index contributed by atoms with van der Waals surface area (Å²) in [6.07, 6.45) is 0. The summed E-state index contributed by atoms with van der Waals surface area (Å²) in [5, 5.41) is 0.742. The van der Waals surface area contributed by atoms with Crippen LogP contribution in [0.2, 0.25) is 0 Å². The van der Waals surface area contributed by atoms with E-state index in [1.54, 1.807) is 0 Å². The molecule has 164 valence electrons. The van der Waals surface area contributed by atoms with E-state index in [9.17, 15) is 9.59 Å². The van der Waals surface area contributed by atoms with E-state index in [1.165, 1.54) is 39.5 Å². The summed E-state index contributed by atoms with van der Waals surface area (Å²) in [4.78, 5) is 24.8. The molecule has 0 spiro atoms. The topological polar surface area (TPSA) is 84.2 Å². The van der Waals surface area contributed by atoms with Crippen molar-refractivity contribution in [1.29, 1.82) is 0 Å². The summed E-state index contributed by atoms with van der Waals surface area (Å²) in [5.41, 5.74) is 2.96. The molecular weight excluding hydrogens is 400 g/mol. The molecule has 7 nitrogen and oxygen atoms in total. The van der Waals surface area contributed by atoms with Gasteiger partial charge < -0.3 is 23.4 Å². The minimum Gasteiger partial charge on any atom is -0.493 e. The smallest absolute Gasteiger partial charge is 0.338 e. The summed E-state index contributed by atoms with van der Waals surface area (Å²) >= 11 is 0. The van der Waals surface area contributed by atoms with Crippen LogP contribution >= 0.6 is 0 Å². The lowest BCUT2D eigenvalue weighted by molar-refractivity contribution is 0.0473. The fourth-order valence-corrected chi connectivity index (χ4v) is 3.56. The van der Waals surface area contributed by atoms with Crippen molar-refractivity contribution < 1.29 is 28.2 Å². The van der Waals surface area contributed by atoms with Crippen LogP contribution < -0.4 is 19.8 Å². The van der Waals surface area contributed by atoms with Crippen molar-refractivity contribution in [1.82, 2.24) is 0 Å². The third-order valence-electron chi connectivity index (χ3n) is 5.10. The molecular formula is C24H26O7. The molecule has 0 aliphatic carbocycles. The molecule has 0 N–H and O–H groups in total. The third-order valence-corrected chi connectivity index (χ3v) is 5.10. The fourth-order valence-electron chi connectivity index (χ4n) is 3.56. The lowest BCUT2D eigenvalue weighted by Crippen LogP contribution is -2.09. The Kier molecular flexibility index (Phi) is 6.53. The van der Waals surface area contributed by atoms with Gasteiger partial charge in [-0.2, -0.15) is 0 Å². The largest absolute Gasteiger partial charge is 0.493 e. The first-order valence-corrected chi connectivity index (χ1v) is 9.83. The maximum Gasteiger partial charge on any atom is 0.338 e. The zero-order chi connectivity index (χ0) is 22.7. The number of fused-ring (bicyclic) bond motifs is 1. The Morgan fingerprint density at radius 2 is 1.61 bits per heavy atom. The van der Waals surface area contributed by atoms with E-state index in [0.29, 0.717) is 34.3 Å². The molecule has 0 bridgehead atoms. The number of ether oxygens (including phenoxy) is 4. The molecule has 0 unspecified atom stereocenters. The minimum atomic E-state index is -0.586. The Morgan fingerprint density at radius 3 is 2.16 bits per heavy atom. The van der Waals surface area contributed by atoms with Crippen molar-refractivity contribution in [3.63, 3.8) is 0 Å². The first kappa shape index (κ1) is 22.2. The second-order valence-electron chi connectivity index (χ2n) is 7.44. The van der Waals surface area contributed by atoms with Crippen LogP contribution in [0.5, 0.6) is 17.2 Å². The van der Waals surface area contributed by atoms with E-state index in [0.717, 1.165) is 16.5 Å². The Bertz CT molecular complexity index is 1150. The maximum atomic E-state index is 12.7. The lowest BCUT2D eigenvalue weighted by Gasteiger charge is -2.15. The summed E-state index contributed by atoms with van der Waals surface area (Å²) in [6, 6.07) is 8.21. The van der Waals surface area contributed by atoms with Gasteiger partial charge in [0.05, 0.1) is 26.9 Å².